The van der Waals surface area contributed by atoms with Crippen LogP contribution < -0.4 is 14.8 Å². The number of likely N-dealkylation sites (tertiary alicyclic amines) is 1. The fraction of sp³-hybridized carbons (Fsp3) is 0.375. The van der Waals surface area contributed by atoms with Crippen molar-refractivity contribution >= 4 is 5.91 Å². The van der Waals surface area contributed by atoms with Crippen molar-refractivity contribution in [3.8, 4) is 11.5 Å². The predicted octanol–water partition coefficient (Wildman–Crippen LogP) is 3.53. The van der Waals surface area contributed by atoms with Gasteiger partial charge in [0.25, 0.3) is 5.91 Å². The van der Waals surface area contributed by atoms with Gasteiger partial charge in [-0.1, -0.05) is 23.4 Å². The second kappa shape index (κ2) is 10.3. The molecule has 0 radical (unpaired) electrons. The Morgan fingerprint density at radius 3 is 2.59 bits per heavy atom. The Kier molecular flexibility index (Phi) is 7.01. The van der Waals surface area contributed by atoms with Crippen molar-refractivity contribution in [3.05, 3.63) is 71.4 Å². The lowest BCUT2D eigenvalue weighted by Crippen LogP contribution is -2.37. The number of amides is 1. The van der Waals surface area contributed by atoms with Crippen LogP contribution >= 0.6 is 0 Å². The van der Waals surface area contributed by atoms with Crippen LogP contribution in [0.15, 0.2) is 53.1 Å². The van der Waals surface area contributed by atoms with E-state index >= 15 is 0 Å². The molecule has 1 amide bonds. The molecule has 168 valence electrons. The molecule has 1 saturated heterocycles. The summed E-state index contributed by atoms with van der Waals surface area (Å²) in [6.07, 6.45) is 2.34. The van der Waals surface area contributed by atoms with E-state index in [9.17, 15) is 4.79 Å². The Morgan fingerprint density at radius 2 is 1.91 bits per heavy atom. The van der Waals surface area contributed by atoms with Gasteiger partial charge in [-0.2, -0.15) is 4.98 Å². The van der Waals surface area contributed by atoms with Gasteiger partial charge < -0.3 is 19.3 Å². The number of ether oxygens (including phenoxy) is 2. The van der Waals surface area contributed by atoms with Crippen molar-refractivity contribution in [1.82, 2.24) is 20.4 Å². The van der Waals surface area contributed by atoms with E-state index in [1.165, 1.54) is 12.8 Å². The molecule has 1 N–H and O–H groups in total. The van der Waals surface area contributed by atoms with Crippen molar-refractivity contribution in [2.24, 2.45) is 0 Å². The van der Waals surface area contributed by atoms with Crippen molar-refractivity contribution in [2.45, 2.75) is 32.4 Å². The molecule has 32 heavy (non-hydrogen) atoms. The summed E-state index contributed by atoms with van der Waals surface area (Å²) in [5.74, 6) is 2.33. The number of aryl methyl sites for hydroxylation is 1. The van der Waals surface area contributed by atoms with Gasteiger partial charge in [0.15, 0.2) is 6.61 Å². The third-order valence-electron chi connectivity index (χ3n) is 5.59. The number of benzene rings is 2. The fourth-order valence-corrected chi connectivity index (χ4v) is 3.97. The number of methoxy groups -OCH3 is 1. The third kappa shape index (κ3) is 5.26. The van der Waals surface area contributed by atoms with Crippen LogP contribution in [0.25, 0.3) is 0 Å². The van der Waals surface area contributed by atoms with Crippen LogP contribution in [0.4, 0.5) is 0 Å². The first-order valence-corrected chi connectivity index (χ1v) is 10.8. The summed E-state index contributed by atoms with van der Waals surface area (Å²) >= 11 is 0. The molecule has 8 nitrogen and oxygen atoms in total. The van der Waals surface area contributed by atoms with Crippen LogP contribution in [0, 0.1) is 6.92 Å². The number of carbonyl (C=O) groups is 1. The summed E-state index contributed by atoms with van der Waals surface area (Å²) in [6, 6.07) is 15.1. The molecule has 1 fully saturated rings. The van der Waals surface area contributed by atoms with E-state index in [1.807, 2.05) is 18.2 Å². The molecule has 0 aliphatic carbocycles. The van der Waals surface area contributed by atoms with Gasteiger partial charge in [-0.25, -0.2) is 0 Å². The van der Waals surface area contributed by atoms with Gasteiger partial charge in [-0.05, 0) is 56.3 Å². The number of nitrogens with one attached hydrogen (secondary N) is 1. The van der Waals surface area contributed by atoms with Gasteiger partial charge in [-0.15, -0.1) is 0 Å². The van der Waals surface area contributed by atoms with Crippen molar-refractivity contribution in [2.75, 3.05) is 26.7 Å². The standard InChI is InChI=1S/C24H28N4O4/c1-17-26-23(27-32-17)16-31-19-11-9-18(10-12-19)24(29)25-15-21(28-13-5-6-14-28)20-7-3-4-8-22(20)30-2/h3-4,7-12,21H,5-6,13-16H2,1-2H3,(H,25,29). The summed E-state index contributed by atoms with van der Waals surface area (Å²) in [6.45, 7) is 4.48. The molecule has 0 bridgehead atoms. The zero-order valence-electron chi connectivity index (χ0n) is 18.4. The van der Waals surface area contributed by atoms with Gasteiger partial charge in [-0.3, -0.25) is 9.69 Å². The summed E-state index contributed by atoms with van der Waals surface area (Å²) in [5.41, 5.74) is 1.67. The average molecular weight is 437 g/mol. The van der Waals surface area contributed by atoms with Gasteiger partial charge in [0, 0.05) is 24.6 Å². The number of rotatable bonds is 9. The summed E-state index contributed by atoms with van der Waals surface area (Å²) in [5, 5.41) is 6.90. The van der Waals surface area contributed by atoms with Gasteiger partial charge in [0.2, 0.25) is 11.7 Å². The Bertz CT molecular complexity index is 1030. The molecule has 4 rings (SSSR count). The summed E-state index contributed by atoms with van der Waals surface area (Å²) in [7, 11) is 1.68. The fourth-order valence-electron chi connectivity index (χ4n) is 3.97. The number of carbonyl (C=O) groups excluding carboxylic acids is 1. The van der Waals surface area contributed by atoms with E-state index < -0.39 is 0 Å². The molecule has 3 aromatic rings. The monoisotopic (exact) mass is 436 g/mol. The molecule has 8 heteroatoms. The van der Waals surface area contributed by atoms with E-state index in [1.54, 1.807) is 38.3 Å². The maximum absolute atomic E-state index is 12.8. The van der Waals surface area contributed by atoms with Crippen molar-refractivity contribution in [1.29, 1.82) is 0 Å². The van der Waals surface area contributed by atoms with Gasteiger partial charge >= 0.3 is 0 Å². The highest BCUT2D eigenvalue weighted by Gasteiger charge is 2.26. The average Bonchev–Trinajstić information content (AvgIpc) is 3.50. The molecular weight excluding hydrogens is 408 g/mol. The lowest BCUT2D eigenvalue weighted by Gasteiger charge is -2.29. The Morgan fingerprint density at radius 1 is 1.16 bits per heavy atom. The lowest BCUT2D eigenvalue weighted by atomic mass is 10.0. The molecule has 2 heterocycles. The second-order valence-corrected chi connectivity index (χ2v) is 7.75. The lowest BCUT2D eigenvalue weighted by molar-refractivity contribution is 0.0937. The predicted molar refractivity (Wildman–Crippen MR) is 119 cm³/mol. The van der Waals surface area contributed by atoms with Crippen LogP contribution in [0.2, 0.25) is 0 Å². The molecule has 1 atom stereocenters. The molecule has 2 aromatic carbocycles. The second-order valence-electron chi connectivity index (χ2n) is 7.75. The molecule has 0 saturated carbocycles. The number of nitrogens with zero attached hydrogens (tertiary/aromatic N) is 3. The highest BCUT2D eigenvalue weighted by molar-refractivity contribution is 5.94. The van der Waals surface area contributed by atoms with E-state index in [2.05, 4.69) is 26.4 Å². The Balaban J connectivity index is 1.38. The van der Waals surface area contributed by atoms with E-state index in [0.29, 0.717) is 29.6 Å². The molecule has 1 unspecified atom stereocenters. The van der Waals surface area contributed by atoms with Gasteiger partial charge in [0.05, 0.1) is 13.2 Å². The maximum atomic E-state index is 12.8. The zero-order chi connectivity index (χ0) is 22.3. The first-order valence-electron chi connectivity index (χ1n) is 10.8. The third-order valence-corrected chi connectivity index (χ3v) is 5.59. The minimum atomic E-state index is -0.121. The number of hydrogen-bond acceptors (Lipinski definition) is 7. The van der Waals surface area contributed by atoms with E-state index in [4.69, 9.17) is 14.0 Å². The largest absolute Gasteiger partial charge is 0.496 e. The highest BCUT2D eigenvalue weighted by Crippen LogP contribution is 2.31. The first-order chi connectivity index (χ1) is 15.6. The maximum Gasteiger partial charge on any atom is 0.251 e. The van der Waals surface area contributed by atoms with Crippen LogP contribution in [0.1, 0.15) is 46.5 Å². The summed E-state index contributed by atoms with van der Waals surface area (Å²) in [4.78, 5) is 19.3. The van der Waals surface area contributed by atoms with E-state index in [0.717, 1.165) is 24.4 Å². The summed E-state index contributed by atoms with van der Waals surface area (Å²) < 4.78 is 16.2. The van der Waals surface area contributed by atoms with Gasteiger partial charge in [0.1, 0.15) is 11.5 Å². The minimum Gasteiger partial charge on any atom is -0.496 e. The molecular formula is C24H28N4O4. The molecule has 1 aliphatic rings. The van der Waals surface area contributed by atoms with Crippen LogP contribution in [-0.4, -0.2) is 47.7 Å². The highest BCUT2D eigenvalue weighted by atomic mass is 16.5. The van der Waals surface area contributed by atoms with E-state index in [-0.39, 0.29) is 18.6 Å². The normalized spacial score (nSPS) is 14.8. The smallest absolute Gasteiger partial charge is 0.251 e. The number of aromatic nitrogens is 2. The van der Waals surface area contributed by atoms with Crippen LogP contribution in [0.3, 0.4) is 0 Å². The van der Waals surface area contributed by atoms with Crippen LogP contribution in [-0.2, 0) is 6.61 Å². The number of para-hydroxylation sites is 1. The Hall–Kier alpha value is -3.39. The molecule has 1 aliphatic heterocycles. The first kappa shape index (κ1) is 21.8. The van der Waals surface area contributed by atoms with Crippen molar-refractivity contribution < 1.29 is 18.8 Å². The number of hydrogen-bond donors (Lipinski definition) is 1. The van der Waals surface area contributed by atoms with Crippen molar-refractivity contribution in [3.63, 3.8) is 0 Å². The SMILES string of the molecule is COc1ccccc1C(CNC(=O)c1ccc(OCc2noc(C)n2)cc1)N1CCCC1. The minimum absolute atomic E-state index is 0.0682. The van der Waals surface area contributed by atoms with Crippen LogP contribution in [0.5, 0.6) is 11.5 Å². The quantitative estimate of drug-likeness (QED) is 0.549. The molecule has 1 aromatic heterocycles. The zero-order valence-corrected chi connectivity index (χ0v) is 18.4. The molecule has 0 spiro atoms. The Labute approximate surface area is 187 Å². The topological polar surface area (TPSA) is 89.7 Å².